The standard InChI is InChI=1S/C11H20N2O3/c1-7-3-2-4-8(5-7)13-11(16)9(12)6-10(14)15/h7-9H,2-6,12H2,1H3,(H,13,16)(H,14,15). The Morgan fingerprint density at radius 1 is 1.50 bits per heavy atom. The normalized spacial score (nSPS) is 27.1. The van der Waals surface area contributed by atoms with Gasteiger partial charge in [-0.25, -0.2) is 0 Å². The van der Waals surface area contributed by atoms with Crippen LogP contribution in [-0.2, 0) is 9.59 Å². The van der Waals surface area contributed by atoms with Crippen molar-refractivity contribution in [1.29, 1.82) is 0 Å². The van der Waals surface area contributed by atoms with E-state index in [1.54, 1.807) is 0 Å². The van der Waals surface area contributed by atoms with Crippen LogP contribution in [-0.4, -0.2) is 29.1 Å². The molecule has 5 heteroatoms. The number of carboxylic acids is 1. The second-order valence-corrected chi connectivity index (χ2v) is 4.68. The monoisotopic (exact) mass is 228 g/mol. The van der Waals surface area contributed by atoms with Crippen LogP contribution < -0.4 is 11.1 Å². The van der Waals surface area contributed by atoms with Crippen molar-refractivity contribution in [2.45, 2.75) is 51.1 Å². The van der Waals surface area contributed by atoms with Crippen LogP contribution in [0.1, 0.15) is 39.0 Å². The Bertz CT molecular complexity index is 268. The Hall–Kier alpha value is -1.10. The van der Waals surface area contributed by atoms with E-state index in [0.29, 0.717) is 5.92 Å². The fourth-order valence-corrected chi connectivity index (χ4v) is 2.15. The maximum Gasteiger partial charge on any atom is 0.305 e. The van der Waals surface area contributed by atoms with Crippen molar-refractivity contribution in [3.63, 3.8) is 0 Å². The summed E-state index contributed by atoms with van der Waals surface area (Å²) < 4.78 is 0. The van der Waals surface area contributed by atoms with Gasteiger partial charge in [0.1, 0.15) is 0 Å². The van der Waals surface area contributed by atoms with Gasteiger partial charge < -0.3 is 16.2 Å². The van der Waals surface area contributed by atoms with Crippen LogP contribution in [0.3, 0.4) is 0 Å². The van der Waals surface area contributed by atoms with Crippen molar-refractivity contribution in [3.05, 3.63) is 0 Å². The van der Waals surface area contributed by atoms with E-state index in [-0.39, 0.29) is 18.4 Å². The molecule has 0 saturated heterocycles. The van der Waals surface area contributed by atoms with E-state index in [0.717, 1.165) is 19.3 Å². The SMILES string of the molecule is CC1CCCC(NC(=O)C(N)CC(=O)O)C1. The summed E-state index contributed by atoms with van der Waals surface area (Å²) in [6.45, 7) is 2.16. The molecule has 0 aromatic carbocycles. The quantitative estimate of drug-likeness (QED) is 0.652. The van der Waals surface area contributed by atoms with Crippen LogP contribution in [0, 0.1) is 5.92 Å². The van der Waals surface area contributed by atoms with Gasteiger partial charge in [0.2, 0.25) is 5.91 Å². The molecule has 0 bridgehead atoms. The molecule has 92 valence electrons. The molecule has 0 aromatic rings. The minimum atomic E-state index is -1.04. The molecule has 1 aliphatic carbocycles. The average molecular weight is 228 g/mol. The predicted octanol–water partition coefficient (Wildman–Crippen LogP) is 0.483. The number of nitrogens with two attached hydrogens (primary N) is 1. The van der Waals surface area contributed by atoms with Crippen LogP contribution in [0.2, 0.25) is 0 Å². The minimum absolute atomic E-state index is 0.163. The third-order valence-electron chi connectivity index (χ3n) is 3.01. The first-order valence-electron chi connectivity index (χ1n) is 5.76. The molecule has 1 saturated carbocycles. The number of aliphatic carboxylic acids is 1. The summed E-state index contributed by atoms with van der Waals surface area (Å²) in [5.74, 6) is -0.768. The van der Waals surface area contributed by atoms with Gasteiger partial charge in [-0.15, -0.1) is 0 Å². The van der Waals surface area contributed by atoms with Gasteiger partial charge in [-0.3, -0.25) is 9.59 Å². The molecule has 0 heterocycles. The molecule has 0 spiro atoms. The molecule has 0 aliphatic heterocycles. The lowest BCUT2D eigenvalue weighted by Crippen LogP contribution is -2.47. The molecule has 0 radical (unpaired) electrons. The summed E-state index contributed by atoms with van der Waals surface area (Å²) in [4.78, 5) is 22.0. The topological polar surface area (TPSA) is 92.4 Å². The summed E-state index contributed by atoms with van der Waals surface area (Å²) in [5, 5.41) is 11.3. The van der Waals surface area contributed by atoms with Gasteiger partial charge in [-0.05, 0) is 18.8 Å². The molecule has 0 aromatic heterocycles. The van der Waals surface area contributed by atoms with E-state index in [9.17, 15) is 9.59 Å². The van der Waals surface area contributed by atoms with Gasteiger partial charge in [0.15, 0.2) is 0 Å². The van der Waals surface area contributed by atoms with Crippen LogP contribution in [0.5, 0.6) is 0 Å². The number of carbonyl (C=O) groups is 2. The minimum Gasteiger partial charge on any atom is -0.481 e. The summed E-state index contributed by atoms with van der Waals surface area (Å²) in [6.07, 6.45) is 3.93. The van der Waals surface area contributed by atoms with Crippen molar-refractivity contribution in [3.8, 4) is 0 Å². The number of hydrogen-bond donors (Lipinski definition) is 3. The molecule has 3 atom stereocenters. The highest BCUT2D eigenvalue weighted by Gasteiger charge is 2.23. The average Bonchev–Trinajstić information content (AvgIpc) is 2.16. The molecular formula is C11H20N2O3. The molecule has 16 heavy (non-hydrogen) atoms. The third-order valence-corrected chi connectivity index (χ3v) is 3.01. The Morgan fingerprint density at radius 2 is 2.19 bits per heavy atom. The first kappa shape index (κ1) is 13.0. The van der Waals surface area contributed by atoms with Gasteiger partial charge in [0.25, 0.3) is 0 Å². The highest BCUT2D eigenvalue weighted by Crippen LogP contribution is 2.23. The second-order valence-electron chi connectivity index (χ2n) is 4.68. The molecule has 1 fully saturated rings. The van der Waals surface area contributed by atoms with Crippen molar-refractivity contribution < 1.29 is 14.7 Å². The molecule has 5 nitrogen and oxygen atoms in total. The first-order chi connectivity index (χ1) is 7.49. The lowest BCUT2D eigenvalue weighted by Gasteiger charge is -2.28. The second kappa shape index (κ2) is 5.84. The van der Waals surface area contributed by atoms with Crippen LogP contribution >= 0.6 is 0 Å². The van der Waals surface area contributed by atoms with E-state index < -0.39 is 12.0 Å². The summed E-state index contributed by atoms with van der Waals surface area (Å²) in [6, 6.07) is -0.772. The number of rotatable bonds is 4. The van der Waals surface area contributed by atoms with Gasteiger partial charge in [0, 0.05) is 6.04 Å². The zero-order valence-electron chi connectivity index (χ0n) is 9.61. The fraction of sp³-hybridized carbons (Fsp3) is 0.818. The number of amides is 1. The van der Waals surface area contributed by atoms with E-state index in [4.69, 9.17) is 10.8 Å². The maximum atomic E-state index is 11.6. The molecule has 3 unspecified atom stereocenters. The van der Waals surface area contributed by atoms with E-state index >= 15 is 0 Å². The fourth-order valence-electron chi connectivity index (χ4n) is 2.15. The van der Waals surface area contributed by atoms with Crippen LogP contribution in [0.15, 0.2) is 0 Å². The highest BCUT2D eigenvalue weighted by molar-refractivity contribution is 5.86. The zero-order chi connectivity index (χ0) is 12.1. The Morgan fingerprint density at radius 3 is 2.75 bits per heavy atom. The van der Waals surface area contributed by atoms with Crippen molar-refractivity contribution >= 4 is 11.9 Å². The number of nitrogens with one attached hydrogen (secondary N) is 1. The number of hydrogen-bond acceptors (Lipinski definition) is 3. The van der Waals surface area contributed by atoms with Gasteiger partial charge in [-0.2, -0.15) is 0 Å². The smallest absolute Gasteiger partial charge is 0.305 e. The molecule has 1 aliphatic rings. The van der Waals surface area contributed by atoms with Crippen LogP contribution in [0.4, 0.5) is 0 Å². The molecular weight excluding hydrogens is 208 g/mol. The molecule has 1 amide bonds. The lowest BCUT2D eigenvalue weighted by molar-refractivity contribution is -0.139. The molecule has 4 N–H and O–H groups in total. The van der Waals surface area contributed by atoms with Gasteiger partial charge in [0.05, 0.1) is 12.5 Å². The molecule has 1 rings (SSSR count). The summed E-state index contributed by atoms with van der Waals surface area (Å²) in [7, 11) is 0. The zero-order valence-corrected chi connectivity index (χ0v) is 9.61. The maximum absolute atomic E-state index is 11.6. The Labute approximate surface area is 95.4 Å². The highest BCUT2D eigenvalue weighted by atomic mass is 16.4. The number of carbonyl (C=O) groups excluding carboxylic acids is 1. The van der Waals surface area contributed by atoms with E-state index in [2.05, 4.69) is 12.2 Å². The number of carboxylic acid groups (broad SMARTS) is 1. The Balaban J connectivity index is 2.35. The lowest BCUT2D eigenvalue weighted by atomic mass is 9.87. The van der Waals surface area contributed by atoms with E-state index in [1.807, 2.05) is 0 Å². The Kier molecular flexibility index (Phi) is 4.73. The third kappa shape index (κ3) is 4.18. The van der Waals surface area contributed by atoms with Crippen LogP contribution in [0.25, 0.3) is 0 Å². The van der Waals surface area contributed by atoms with Crippen molar-refractivity contribution in [2.24, 2.45) is 11.7 Å². The van der Waals surface area contributed by atoms with Gasteiger partial charge in [-0.1, -0.05) is 19.8 Å². The van der Waals surface area contributed by atoms with Crippen molar-refractivity contribution in [2.75, 3.05) is 0 Å². The first-order valence-corrected chi connectivity index (χ1v) is 5.76. The van der Waals surface area contributed by atoms with Gasteiger partial charge >= 0.3 is 5.97 Å². The van der Waals surface area contributed by atoms with E-state index in [1.165, 1.54) is 6.42 Å². The summed E-state index contributed by atoms with van der Waals surface area (Å²) in [5.41, 5.74) is 5.48. The largest absolute Gasteiger partial charge is 0.481 e. The summed E-state index contributed by atoms with van der Waals surface area (Å²) >= 11 is 0. The predicted molar refractivity (Wildman–Crippen MR) is 59.8 cm³/mol. The van der Waals surface area contributed by atoms with Crippen molar-refractivity contribution in [1.82, 2.24) is 5.32 Å².